The second-order valence-electron chi connectivity index (χ2n) is 4.26. The summed E-state index contributed by atoms with van der Waals surface area (Å²) in [4.78, 5) is 16.4. The summed E-state index contributed by atoms with van der Waals surface area (Å²) in [5, 5.41) is 3.22. The number of nitrogens with zero attached hydrogens (tertiary/aromatic N) is 4. The van der Waals surface area contributed by atoms with Gasteiger partial charge in [-0.25, -0.2) is 19.9 Å². The number of nitrogens with two attached hydrogens (primary N) is 2. The van der Waals surface area contributed by atoms with E-state index in [4.69, 9.17) is 11.5 Å². The van der Waals surface area contributed by atoms with Crippen molar-refractivity contribution in [3.05, 3.63) is 35.2 Å². The molecule has 0 aliphatic heterocycles. The fourth-order valence-corrected chi connectivity index (χ4v) is 1.63. The molecule has 2 heterocycles. The molecule has 19 heavy (non-hydrogen) atoms. The van der Waals surface area contributed by atoms with Gasteiger partial charge in [0.1, 0.15) is 23.3 Å². The third kappa shape index (κ3) is 3.35. The van der Waals surface area contributed by atoms with E-state index in [1.54, 1.807) is 26.2 Å². The Morgan fingerprint density at radius 2 is 1.32 bits per heavy atom. The van der Waals surface area contributed by atoms with Crippen LogP contribution >= 0.6 is 0 Å². The molecule has 0 aliphatic rings. The van der Waals surface area contributed by atoms with Crippen LogP contribution in [0.15, 0.2) is 12.4 Å². The summed E-state index contributed by atoms with van der Waals surface area (Å²) in [5.41, 5.74) is 13.3. The van der Waals surface area contributed by atoms with Gasteiger partial charge in [0.05, 0.1) is 0 Å². The third-order valence-electron chi connectivity index (χ3n) is 2.67. The van der Waals surface area contributed by atoms with Gasteiger partial charge >= 0.3 is 0 Å². The summed E-state index contributed by atoms with van der Waals surface area (Å²) in [7, 11) is 0. The van der Waals surface area contributed by atoms with Crippen molar-refractivity contribution in [3.8, 4) is 0 Å². The first kappa shape index (κ1) is 13.2. The molecule has 2 aromatic heterocycles. The molecule has 7 nitrogen and oxygen atoms in total. The summed E-state index contributed by atoms with van der Waals surface area (Å²) < 4.78 is 0. The van der Waals surface area contributed by atoms with Gasteiger partial charge in [0.15, 0.2) is 0 Å². The molecule has 0 unspecified atom stereocenters. The minimum Gasteiger partial charge on any atom is -0.383 e. The maximum atomic E-state index is 5.81. The van der Waals surface area contributed by atoms with E-state index in [1.165, 1.54) is 0 Å². The number of hydrogen-bond donors (Lipinski definition) is 3. The molecule has 7 heteroatoms. The quantitative estimate of drug-likeness (QED) is 0.724. The Kier molecular flexibility index (Phi) is 3.86. The summed E-state index contributed by atoms with van der Waals surface area (Å²) in [6.45, 7) is 4.74. The zero-order valence-electron chi connectivity index (χ0n) is 11.0. The maximum Gasteiger partial charge on any atom is 0.131 e. The number of nitrogen functional groups attached to an aromatic ring is 2. The van der Waals surface area contributed by atoms with Crippen LogP contribution in [-0.4, -0.2) is 19.9 Å². The van der Waals surface area contributed by atoms with E-state index in [0.717, 1.165) is 11.1 Å². The predicted molar refractivity (Wildman–Crippen MR) is 72.9 cm³/mol. The van der Waals surface area contributed by atoms with Crippen molar-refractivity contribution in [2.45, 2.75) is 26.9 Å². The number of nitrogens with one attached hydrogen (secondary N) is 1. The second-order valence-corrected chi connectivity index (χ2v) is 4.26. The smallest absolute Gasteiger partial charge is 0.131 e. The van der Waals surface area contributed by atoms with Crippen molar-refractivity contribution in [2.75, 3.05) is 11.5 Å². The molecule has 0 fully saturated rings. The van der Waals surface area contributed by atoms with E-state index in [0.29, 0.717) is 36.4 Å². The lowest BCUT2D eigenvalue weighted by Gasteiger charge is -2.08. The summed E-state index contributed by atoms with van der Waals surface area (Å²) in [5.74, 6) is 2.32. The number of anilines is 2. The second kappa shape index (κ2) is 5.57. The zero-order valence-corrected chi connectivity index (χ0v) is 11.0. The lowest BCUT2D eigenvalue weighted by atomic mass is 10.2. The molecule has 0 radical (unpaired) electrons. The van der Waals surface area contributed by atoms with Crippen LogP contribution in [0.1, 0.15) is 22.8 Å². The minimum atomic E-state index is 0.494. The molecule has 2 aromatic rings. The van der Waals surface area contributed by atoms with Crippen LogP contribution in [0.2, 0.25) is 0 Å². The SMILES string of the molecule is Cc1ncc(CNCc2cnc(C)nc2N)c(N)n1. The van der Waals surface area contributed by atoms with Gasteiger partial charge in [-0.2, -0.15) is 0 Å². The van der Waals surface area contributed by atoms with E-state index in [-0.39, 0.29) is 0 Å². The van der Waals surface area contributed by atoms with Gasteiger partial charge in [-0.15, -0.1) is 0 Å². The Morgan fingerprint density at radius 3 is 1.68 bits per heavy atom. The van der Waals surface area contributed by atoms with Gasteiger partial charge in [0.25, 0.3) is 0 Å². The molecular weight excluding hydrogens is 242 g/mol. The average Bonchev–Trinajstić information content (AvgIpc) is 2.34. The average molecular weight is 259 g/mol. The van der Waals surface area contributed by atoms with Crippen LogP contribution in [0.3, 0.4) is 0 Å². The van der Waals surface area contributed by atoms with E-state index in [9.17, 15) is 0 Å². The van der Waals surface area contributed by atoms with Crippen molar-refractivity contribution in [3.63, 3.8) is 0 Å². The lowest BCUT2D eigenvalue weighted by molar-refractivity contribution is 0.686. The number of hydrogen-bond acceptors (Lipinski definition) is 7. The van der Waals surface area contributed by atoms with Crippen LogP contribution < -0.4 is 16.8 Å². The van der Waals surface area contributed by atoms with Crippen molar-refractivity contribution < 1.29 is 0 Å². The van der Waals surface area contributed by atoms with Crippen LogP contribution in [0, 0.1) is 13.8 Å². The monoisotopic (exact) mass is 259 g/mol. The van der Waals surface area contributed by atoms with Gasteiger partial charge < -0.3 is 16.8 Å². The highest BCUT2D eigenvalue weighted by atomic mass is 15.0. The van der Waals surface area contributed by atoms with Gasteiger partial charge in [0.2, 0.25) is 0 Å². The summed E-state index contributed by atoms with van der Waals surface area (Å²) in [6, 6.07) is 0. The molecular formula is C12H17N7. The Hall–Kier alpha value is -2.28. The van der Waals surface area contributed by atoms with E-state index in [1.807, 2.05) is 0 Å². The molecule has 0 aromatic carbocycles. The Bertz CT molecular complexity index is 531. The van der Waals surface area contributed by atoms with Gasteiger partial charge in [-0.05, 0) is 13.8 Å². The number of aromatic nitrogens is 4. The fraction of sp³-hybridized carbons (Fsp3) is 0.333. The Morgan fingerprint density at radius 1 is 0.895 bits per heavy atom. The molecule has 0 amide bonds. The maximum absolute atomic E-state index is 5.81. The van der Waals surface area contributed by atoms with Crippen LogP contribution in [0.4, 0.5) is 11.6 Å². The first-order chi connectivity index (χ1) is 9.06. The van der Waals surface area contributed by atoms with Crippen molar-refractivity contribution in [1.82, 2.24) is 25.3 Å². The van der Waals surface area contributed by atoms with E-state index < -0.39 is 0 Å². The Labute approximate surface area is 111 Å². The first-order valence-electron chi connectivity index (χ1n) is 5.93. The highest BCUT2D eigenvalue weighted by molar-refractivity contribution is 5.39. The molecule has 2 rings (SSSR count). The Balaban J connectivity index is 1.96. The lowest BCUT2D eigenvalue weighted by Crippen LogP contribution is -2.17. The van der Waals surface area contributed by atoms with E-state index in [2.05, 4.69) is 25.3 Å². The van der Waals surface area contributed by atoms with Crippen molar-refractivity contribution in [1.29, 1.82) is 0 Å². The van der Waals surface area contributed by atoms with Crippen molar-refractivity contribution >= 4 is 11.6 Å². The van der Waals surface area contributed by atoms with Gasteiger partial charge in [-0.3, -0.25) is 0 Å². The third-order valence-corrected chi connectivity index (χ3v) is 2.67. The first-order valence-corrected chi connectivity index (χ1v) is 5.93. The van der Waals surface area contributed by atoms with Crippen LogP contribution in [0.25, 0.3) is 0 Å². The highest BCUT2D eigenvalue weighted by Crippen LogP contribution is 2.09. The van der Waals surface area contributed by atoms with Crippen molar-refractivity contribution in [2.24, 2.45) is 0 Å². The molecule has 0 saturated heterocycles. The molecule has 100 valence electrons. The van der Waals surface area contributed by atoms with Gasteiger partial charge in [-0.1, -0.05) is 0 Å². The molecule has 0 atom stereocenters. The summed E-state index contributed by atoms with van der Waals surface area (Å²) >= 11 is 0. The largest absolute Gasteiger partial charge is 0.383 e. The molecule has 0 saturated carbocycles. The normalized spacial score (nSPS) is 10.6. The number of aryl methyl sites for hydroxylation is 2. The van der Waals surface area contributed by atoms with Crippen LogP contribution in [0.5, 0.6) is 0 Å². The predicted octanol–water partition coefficient (Wildman–Crippen LogP) is 0.338. The minimum absolute atomic E-state index is 0.494. The standard InChI is InChI=1S/C12H17N7/c1-7-16-5-9(11(13)18-7)3-15-4-10-6-17-8(2)19-12(10)14/h5-6,15H,3-4H2,1-2H3,(H2,13,16,18)(H2,14,17,19). The fourth-order valence-electron chi connectivity index (χ4n) is 1.63. The molecule has 0 aliphatic carbocycles. The number of rotatable bonds is 4. The summed E-state index contributed by atoms with van der Waals surface area (Å²) in [6.07, 6.45) is 3.44. The topological polar surface area (TPSA) is 116 Å². The molecule has 0 spiro atoms. The zero-order chi connectivity index (χ0) is 13.8. The molecule has 5 N–H and O–H groups in total. The van der Waals surface area contributed by atoms with Crippen LogP contribution in [-0.2, 0) is 13.1 Å². The van der Waals surface area contributed by atoms with E-state index >= 15 is 0 Å². The molecule has 0 bridgehead atoms. The highest BCUT2D eigenvalue weighted by Gasteiger charge is 2.04. The van der Waals surface area contributed by atoms with Gasteiger partial charge in [0, 0.05) is 36.6 Å².